The first-order valence-corrected chi connectivity index (χ1v) is 9.56. The van der Waals surface area contributed by atoms with Crippen molar-refractivity contribution in [2.24, 2.45) is 0 Å². The Morgan fingerprint density at radius 1 is 1.38 bits per heavy atom. The molecule has 1 fully saturated rings. The van der Waals surface area contributed by atoms with Gasteiger partial charge in [0.1, 0.15) is 0 Å². The minimum atomic E-state index is -0.329. The molecular formula is C14H23N5O3S2. The Balaban J connectivity index is 1.69. The molecule has 134 valence electrons. The summed E-state index contributed by atoms with van der Waals surface area (Å²) in [7, 11) is 0. The molecule has 2 rings (SSSR count). The van der Waals surface area contributed by atoms with E-state index in [0.717, 1.165) is 19.4 Å². The lowest BCUT2D eigenvalue weighted by Gasteiger charge is -2.19. The average Bonchev–Trinajstić information content (AvgIpc) is 3.12. The average molecular weight is 374 g/mol. The lowest BCUT2D eigenvalue weighted by molar-refractivity contribution is -0.119. The van der Waals surface area contributed by atoms with E-state index in [-0.39, 0.29) is 29.3 Å². The van der Waals surface area contributed by atoms with Gasteiger partial charge >= 0.3 is 6.03 Å². The highest BCUT2D eigenvalue weighted by Gasteiger charge is 2.17. The quantitative estimate of drug-likeness (QED) is 0.519. The fraction of sp³-hybridized carbons (Fsp3) is 0.714. The van der Waals surface area contributed by atoms with Gasteiger partial charge < -0.3 is 15.4 Å². The number of urea groups is 1. The van der Waals surface area contributed by atoms with E-state index in [2.05, 4.69) is 26.1 Å². The van der Waals surface area contributed by atoms with Gasteiger partial charge in [0.2, 0.25) is 11.0 Å². The summed E-state index contributed by atoms with van der Waals surface area (Å²) in [6.07, 6.45) is 2.19. The van der Waals surface area contributed by atoms with Gasteiger partial charge in [0, 0.05) is 18.7 Å². The molecule has 0 aromatic carbocycles. The van der Waals surface area contributed by atoms with Gasteiger partial charge in [-0.05, 0) is 33.6 Å². The van der Waals surface area contributed by atoms with Gasteiger partial charge in [-0.25, -0.2) is 4.79 Å². The van der Waals surface area contributed by atoms with E-state index in [1.54, 1.807) is 0 Å². The SMILES string of the molecule is CC(C)(C)NC(=O)Nc1nnc(SCC(=O)NC[C@@H]2CCCO2)s1. The first-order chi connectivity index (χ1) is 11.3. The van der Waals surface area contributed by atoms with E-state index in [9.17, 15) is 9.59 Å². The number of nitrogens with one attached hydrogen (secondary N) is 3. The van der Waals surface area contributed by atoms with Crippen LogP contribution in [0, 0.1) is 0 Å². The molecule has 0 spiro atoms. The first-order valence-electron chi connectivity index (χ1n) is 7.75. The first kappa shape index (κ1) is 18.9. The molecule has 1 aromatic rings. The zero-order chi connectivity index (χ0) is 17.6. The summed E-state index contributed by atoms with van der Waals surface area (Å²) < 4.78 is 6.09. The monoisotopic (exact) mass is 373 g/mol. The van der Waals surface area contributed by atoms with Crippen LogP contribution in [0.25, 0.3) is 0 Å². The summed E-state index contributed by atoms with van der Waals surface area (Å²) in [5.41, 5.74) is -0.326. The number of hydrogen-bond donors (Lipinski definition) is 3. The largest absolute Gasteiger partial charge is 0.376 e. The van der Waals surface area contributed by atoms with Crippen LogP contribution in [0.3, 0.4) is 0 Å². The lowest BCUT2D eigenvalue weighted by Crippen LogP contribution is -2.43. The molecule has 0 aliphatic carbocycles. The van der Waals surface area contributed by atoms with E-state index in [1.165, 1.54) is 23.1 Å². The predicted octanol–water partition coefficient (Wildman–Crippen LogP) is 1.85. The number of anilines is 1. The van der Waals surface area contributed by atoms with Crippen LogP contribution in [0.1, 0.15) is 33.6 Å². The maximum Gasteiger partial charge on any atom is 0.321 e. The molecule has 1 saturated heterocycles. The molecule has 0 bridgehead atoms. The smallest absolute Gasteiger partial charge is 0.321 e. The molecule has 24 heavy (non-hydrogen) atoms. The molecule has 3 amide bonds. The van der Waals surface area contributed by atoms with Crippen molar-refractivity contribution in [3.05, 3.63) is 0 Å². The maximum absolute atomic E-state index is 11.8. The van der Waals surface area contributed by atoms with Crippen LogP contribution >= 0.6 is 23.1 Å². The van der Waals surface area contributed by atoms with Gasteiger partial charge in [-0.1, -0.05) is 23.1 Å². The number of carbonyl (C=O) groups excluding carboxylic acids is 2. The fourth-order valence-corrected chi connectivity index (χ4v) is 3.58. The normalized spacial score (nSPS) is 17.5. The standard InChI is InChI=1S/C14H23N5O3S2/c1-14(2,3)17-11(21)16-12-18-19-13(24-12)23-8-10(20)15-7-9-5-4-6-22-9/h9H,4-8H2,1-3H3,(H,15,20)(H2,16,17,18,21)/t9-/m0/s1. The molecule has 0 radical (unpaired) electrons. The zero-order valence-electron chi connectivity index (χ0n) is 14.0. The third-order valence-corrected chi connectivity index (χ3v) is 4.97. The summed E-state index contributed by atoms with van der Waals surface area (Å²) in [5, 5.41) is 16.5. The van der Waals surface area contributed by atoms with Crippen molar-refractivity contribution in [2.75, 3.05) is 24.2 Å². The van der Waals surface area contributed by atoms with Crippen molar-refractivity contribution in [2.45, 2.75) is 49.6 Å². The molecule has 0 unspecified atom stereocenters. The Labute approximate surface area is 149 Å². The minimum Gasteiger partial charge on any atom is -0.376 e. The van der Waals surface area contributed by atoms with Gasteiger partial charge in [-0.2, -0.15) is 0 Å². The summed E-state index contributed by atoms with van der Waals surface area (Å²) in [5.74, 6) is 0.195. The molecule has 0 saturated carbocycles. The topological polar surface area (TPSA) is 105 Å². The molecule has 10 heteroatoms. The molecule has 2 heterocycles. The van der Waals surface area contributed by atoms with Crippen LogP contribution in [0.5, 0.6) is 0 Å². The van der Waals surface area contributed by atoms with Crippen LogP contribution in [-0.2, 0) is 9.53 Å². The van der Waals surface area contributed by atoms with E-state index in [1.807, 2.05) is 20.8 Å². The summed E-state index contributed by atoms with van der Waals surface area (Å²) in [6, 6.07) is -0.329. The third-order valence-electron chi connectivity index (χ3n) is 2.99. The second kappa shape index (κ2) is 8.63. The molecule has 1 aromatic heterocycles. The van der Waals surface area contributed by atoms with E-state index in [0.29, 0.717) is 16.0 Å². The van der Waals surface area contributed by atoms with Crippen LogP contribution in [0.4, 0.5) is 9.93 Å². The number of aromatic nitrogens is 2. The van der Waals surface area contributed by atoms with Crippen molar-refractivity contribution in [3.63, 3.8) is 0 Å². The van der Waals surface area contributed by atoms with Crippen molar-refractivity contribution in [1.29, 1.82) is 0 Å². The number of rotatable bonds is 6. The maximum atomic E-state index is 11.8. The highest BCUT2D eigenvalue weighted by atomic mass is 32.2. The van der Waals surface area contributed by atoms with Gasteiger partial charge in [0.05, 0.1) is 11.9 Å². The summed E-state index contributed by atoms with van der Waals surface area (Å²) >= 11 is 2.53. The van der Waals surface area contributed by atoms with Crippen LogP contribution in [0.2, 0.25) is 0 Å². The molecule has 1 aliphatic heterocycles. The zero-order valence-corrected chi connectivity index (χ0v) is 15.7. The molecule has 8 nitrogen and oxygen atoms in total. The number of ether oxygens (including phenoxy) is 1. The predicted molar refractivity (Wildman–Crippen MR) is 94.5 cm³/mol. The molecule has 1 atom stereocenters. The lowest BCUT2D eigenvalue weighted by atomic mass is 10.1. The van der Waals surface area contributed by atoms with Gasteiger partial charge in [0.15, 0.2) is 4.34 Å². The van der Waals surface area contributed by atoms with E-state index < -0.39 is 0 Å². The Bertz CT molecular complexity index is 567. The summed E-state index contributed by atoms with van der Waals surface area (Å²) in [4.78, 5) is 23.6. The van der Waals surface area contributed by atoms with Crippen molar-refractivity contribution >= 4 is 40.2 Å². The fourth-order valence-electron chi connectivity index (χ4n) is 2.00. The molecule has 1 aliphatic rings. The van der Waals surface area contributed by atoms with Gasteiger partial charge in [-0.15, -0.1) is 10.2 Å². The van der Waals surface area contributed by atoms with Crippen molar-refractivity contribution in [1.82, 2.24) is 20.8 Å². The number of nitrogens with zero attached hydrogens (tertiary/aromatic N) is 2. The molecular weight excluding hydrogens is 350 g/mol. The Kier molecular flexibility index (Phi) is 6.81. The van der Waals surface area contributed by atoms with Crippen molar-refractivity contribution in [3.8, 4) is 0 Å². The minimum absolute atomic E-state index is 0.0642. The highest BCUT2D eigenvalue weighted by Crippen LogP contribution is 2.25. The third kappa shape index (κ3) is 7.02. The van der Waals surface area contributed by atoms with Crippen LogP contribution in [-0.4, -0.2) is 52.7 Å². The Hall–Kier alpha value is -1.39. The number of hydrogen-bond acceptors (Lipinski definition) is 7. The van der Waals surface area contributed by atoms with Gasteiger partial charge in [-0.3, -0.25) is 10.1 Å². The molecule has 3 N–H and O–H groups in total. The number of amides is 3. The van der Waals surface area contributed by atoms with Crippen LogP contribution < -0.4 is 16.0 Å². The van der Waals surface area contributed by atoms with Gasteiger partial charge in [0.25, 0.3) is 0 Å². The van der Waals surface area contributed by atoms with E-state index >= 15 is 0 Å². The van der Waals surface area contributed by atoms with Crippen LogP contribution in [0.15, 0.2) is 4.34 Å². The number of carbonyl (C=O) groups is 2. The Morgan fingerprint density at radius 2 is 2.17 bits per heavy atom. The van der Waals surface area contributed by atoms with E-state index in [4.69, 9.17) is 4.74 Å². The highest BCUT2D eigenvalue weighted by molar-refractivity contribution is 8.01. The Morgan fingerprint density at radius 3 is 2.83 bits per heavy atom. The summed E-state index contributed by atoms with van der Waals surface area (Å²) in [6.45, 7) is 7.00. The second-order valence-corrected chi connectivity index (χ2v) is 8.63. The number of thioether (sulfide) groups is 1. The second-order valence-electron chi connectivity index (χ2n) is 6.43. The van der Waals surface area contributed by atoms with Crippen molar-refractivity contribution < 1.29 is 14.3 Å².